The van der Waals surface area contributed by atoms with Crippen LogP contribution in [-0.4, -0.2) is 42.2 Å². The molecule has 18 heavy (non-hydrogen) atoms. The SMILES string of the molecule is COC(=O)c1ccc(NCC(F)(F)CO)nc1C. The van der Waals surface area contributed by atoms with Gasteiger partial charge in [0.05, 0.1) is 24.9 Å². The summed E-state index contributed by atoms with van der Waals surface area (Å²) in [7, 11) is 1.25. The highest BCUT2D eigenvalue weighted by Gasteiger charge is 2.27. The van der Waals surface area contributed by atoms with Crippen molar-refractivity contribution in [3.8, 4) is 0 Å². The molecule has 0 unspecified atom stereocenters. The maximum atomic E-state index is 12.8. The smallest absolute Gasteiger partial charge is 0.339 e. The molecule has 0 amide bonds. The van der Waals surface area contributed by atoms with Crippen LogP contribution in [0.1, 0.15) is 16.1 Å². The number of nitrogens with zero attached hydrogens (tertiary/aromatic N) is 1. The van der Waals surface area contributed by atoms with Gasteiger partial charge in [0.25, 0.3) is 5.92 Å². The Kier molecular flexibility index (Phi) is 4.55. The molecule has 1 heterocycles. The van der Waals surface area contributed by atoms with Crippen molar-refractivity contribution in [1.82, 2.24) is 4.98 Å². The van der Waals surface area contributed by atoms with E-state index in [1.807, 2.05) is 0 Å². The number of hydrogen-bond acceptors (Lipinski definition) is 5. The Morgan fingerprint density at radius 3 is 2.72 bits per heavy atom. The number of methoxy groups -OCH3 is 1. The highest BCUT2D eigenvalue weighted by molar-refractivity contribution is 5.90. The van der Waals surface area contributed by atoms with Gasteiger partial charge in [-0.15, -0.1) is 0 Å². The van der Waals surface area contributed by atoms with Crippen LogP contribution in [0.15, 0.2) is 12.1 Å². The number of ether oxygens (including phenoxy) is 1. The molecule has 0 radical (unpaired) electrons. The predicted octanol–water partition coefficient (Wildman–Crippen LogP) is 1.22. The highest BCUT2D eigenvalue weighted by atomic mass is 19.3. The molecule has 100 valence electrons. The third-order valence-corrected chi connectivity index (χ3v) is 2.25. The quantitative estimate of drug-likeness (QED) is 0.779. The fourth-order valence-corrected chi connectivity index (χ4v) is 1.26. The Labute approximate surface area is 103 Å². The van der Waals surface area contributed by atoms with Crippen molar-refractivity contribution in [1.29, 1.82) is 0 Å². The van der Waals surface area contributed by atoms with Crippen molar-refractivity contribution in [2.45, 2.75) is 12.8 Å². The van der Waals surface area contributed by atoms with Gasteiger partial charge in [0.2, 0.25) is 0 Å². The average Bonchev–Trinajstić information content (AvgIpc) is 2.36. The van der Waals surface area contributed by atoms with E-state index < -0.39 is 25.0 Å². The number of carbonyl (C=O) groups excluding carboxylic acids is 1. The number of anilines is 1. The first-order valence-electron chi connectivity index (χ1n) is 5.18. The molecule has 2 N–H and O–H groups in total. The van der Waals surface area contributed by atoms with Crippen molar-refractivity contribution < 1.29 is 23.4 Å². The van der Waals surface area contributed by atoms with Gasteiger partial charge in [0.1, 0.15) is 12.4 Å². The summed E-state index contributed by atoms with van der Waals surface area (Å²) in [6, 6.07) is 2.83. The van der Waals surface area contributed by atoms with Crippen LogP contribution in [0.2, 0.25) is 0 Å². The van der Waals surface area contributed by atoms with E-state index in [4.69, 9.17) is 5.11 Å². The van der Waals surface area contributed by atoms with Crippen LogP contribution in [0.5, 0.6) is 0 Å². The Morgan fingerprint density at radius 2 is 2.22 bits per heavy atom. The second-order valence-electron chi connectivity index (χ2n) is 3.69. The molecular formula is C11H14F2N2O3. The second kappa shape index (κ2) is 5.72. The minimum absolute atomic E-state index is 0.202. The molecule has 0 atom stereocenters. The fourth-order valence-electron chi connectivity index (χ4n) is 1.26. The number of aliphatic hydroxyl groups excluding tert-OH is 1. The summed E-state index contributed by atoms with van der Waals surface area (Å²) >= 11 is 0. The maximum absolute atomic E-state index is 12.8. The summed E-state index contributed by atoms with van der Waals surface area (Å²) in [4.78, 5) is 15.2. The first kappa shape index (κ1) is 14.3. The van der Waals surface area contributed by atoms with Gasteiger partial charge >= 0.3 is 5.97 Å². The van der Waals surface area contributed by atoms with Crippen LogP contribution in [0.4, 0.5) is 14.6 Å². The van der Waals surface area contributed by atoms with Crippen LogP contribution in [0, 0.1) is 6.92 Å². The molecule has 0 saturated carbocycles. The van der Waals surface area contributed by atoms with E-state index in [1.54, 1.807) is 6.92 Å². The zero-order chi connectivity index (χ0) is 13.8. The van der Waals surface area contributed by atoms with E-state index in [0.717, 1.165) is 0 Å². The van der Waals surface area contributed by atoms with Crippen molar-refractivity contribution in [3.05, 3.63) is 23.4 Å². The number of nitrogens with one attached hydrogen (secondary N) is 1. The van der Waals surface area contributed by atoms with Crippen LogP contribution < -0.4 is 5.32 Å². The summed E-state index contributed by atoms with van der Waals surface area (Å²) in [6.45, 7) is -0.394. The Bertz CT molecular complexity index is 438. The average molecular weight is 260 g/mol. The van der Waals surface area contributed by atoms with E-state index in [9.17, 15) is 13.6 Å². The van der Waals surface area contributed by atoms with Crippen LogP contribution in [0.3, 0.4) is 0 Å². The summed E-state index contributed by atoms with van der Waals surface area (Å²) in [6.07, 6.45) is 0. The first-order valence-corrected chi connectivity index (χ1v) is 5.18. The molecule has 1 aromatic rings. The van der Waals surface area contributed by atoms with E-state index in [-0.39, 0.29) is 11.4 Å². The molecule has 1 aromatic heterocycles. The van der Waals surface area contributed by atoms with Crippen LogP contribution in [-0.2, 0) is 4.74 Å². The minimum atomic E-state index is -3.21. The molecule has 1 rings (SSSR count). The Balaban J connectivity index is 2.76. The van der Waals surface area contributed by atoms with Crippen molar-refractivity contribution in [2.75, 3.05) is 25.6 Å². The number of alkyl halides is 2. The second-order valence-corrected chi connectivity index (χ2v) is 3.69. The van der Waals surface area contributed by atoms with E-state index in [1.165, 1.54) is 19.2 Å². The highest BCUT2D eigenvalue weighted by Crippen LogP contribution is 2.15. The molecule has 5 nitrogen and oxygen atoms in total. The molecule has 0 saturated heterocycles. The normalized spacial score (nSPS) is 11.2. The third kappa shape index (κ3) is 3.63. The Hall–Kier alpha value is -1.76. The van der Waals surface area contributed by atoms with Gasteiger partial charge in [0.15, 0.2) is 0 Å². The number of aromatic nitrogens is 1. The third-order valence-electron chi connectivity index (χ3n) is 2.25. The zero-order valence-corrected chi connectivity index (χ0v) is 10.0. The maximum Gasteiger partial charge on any atom is 0.339 e. The van der Waals surface area contributed by atoms with Crippen LogP contribution >= 0.6 is 0 Å². The summed E-state index contributed by atoms with van der Waals surface area (Å²) in [5.41, 5.74) is 0.649. The number of aliphatic hydroxyl groups is 1. The summed E-state index contributed by atoms with van der Waals surface area (Å²) < 4.78 is 30.1. The molecule has 0 fully saturated rings. The van der Waals surface area contributed by atoms with Gasteiger partial charge in [-0.3, -0.25) is 0 Å². The molecular weight excluding hydrogens is 246 g/mol. The largest absolute Gasteiger partial charge is 0.465 e. The van der Waals surface area contributed by atoms with Gasteiger partial charge in [-0.2, -0.15) is 0 Å². The van der Waals surface area contributed by atoms with Crippen molar-refractivity contribution >= 4 is 11.8 Å². The van der Waals surface area contributed by atoms with E-state index in [0.29, 0.717) is 5.69 Å². The van der Waals surface area contributed by atoms with Crippen LogP contribution in [0.25, 0.3) is 0 Å². The summed E-state index contributed by atoms with van der Waals surface area (Å²) in [5.74, 6) is -3.54. The number of esters is 1. The molecule has 0 spiro atoms. The summed E-state index contributed by atoms with van der Waals surface area (Å²) in [5, 5.41) is 10.8. The number of pyridine rings is 1. The number of carbonyl (C=O) groups is 1. The lowest BCUT2D eigenvalue weighted by molar-refractivity contribution is -0.0373. The van der Waals surface area contributed by atoms with Gasteiger partial charge in [-0.25, -0.2) is 18.6 Å². The topological polar surface area (TPSA) is 71.5 Å². The molecule has 0 bridgehead atoms. The van der Waals surface area contributed by atoms with E-state index in [2.05, 4.69) is 15.0 Å². The van der Waals surface area contributed by atoms with Crippen molar-refractivity contribution in [3.63, 3.8) is 0 Å². The monoisotopic (exact) mass is 260 g/mol. The molecule has 0 aliphatic heterocycles. The van der Waals surface area contributed by atoms with Crippen molar-refractivity contribution in [2.24, 2.45) is 0 Å². The fraction of sp³-hybridized carbons (Fsp3) is 0.455. The lowest BCUT2D eigenvalue weighted by Gasteiger charge is -2.15. The number of rotatable bonds is 5. The Morgan fingerprint density at radius 1 is 1.56 bits per heavy atom. The number of hydrogen-bond donors (Lipinski definition) is 2. The van der Waals surface area contributed by atoms with Gasteiger partial charge in [0, 0.05) is 0 Å². The predicted molar refractivity (Wildman–Crippen MR) is 60.8 cm³/mol. The molecule has 7 heteroatoms. The lowest BCUT2D eigenvalue weighted by Crippen LogP contribution is -2.31. The van der Waals surface area contributed by atoms with Gasteiger partial charge < -0.3 is 15.2 Å². The van der Waals surface area contributed by atoms with Gasteiger partial charge in [-0.05, 0) is 19.1 Å². The number of aryl methyl sites for hydroxylation is 1. The minimum Gasteiger partial charge on any atom is -0.465 e. The first-order chi connectivity index (χ1) is 8.39. The standard InChI is InChI=1S/C11H14F2N2O3/c1-7-8(10(17)18-2)3-4-9(15-7)14-5-11(12,13)6-16/h3-4,16H,5-6H2,1-2H3,(H,14,15). The molecule has 0 aromatic carbocycles. The number of halogens is 2. The van der Waals surface area contributed by atoms with E-state index >= 15 is 0 Å². The molecule has 0 aliphatic rings. The lowest BCUT2D eigenvalue weighted by atomic mass is 10.2. The molecule has 0 aliphatic carbocycles. The zero-order valence-electron chi connectivity index (χ0n) is 10.0. The van der Waals surface area contributed by atoms with Gasteiger partial charge in [-0.1, -0.05) is 0 Å².